The third kappa shape index (κ3) is 4.35. The Kier molecular flexibility index (Phi) is 2.76. The zero-order valence-electron chi connectivity index (χ0n) is 3.35. The van der Waals surface area contributed by atoms with Crippen LogP contribution in [0.1, 0.15) is 6.92 Å². The van der Waals surface area contributed by atoms with E-state index in [1.54, 1.807) is 0 Å². The Morgan fingerprint density at radius 1 is 1.80 bits per heavy atom. The van der Waals surface area contributed by atoms with Crippen LogP contribution in [0, 0.1) is 0 Å². The standard InChI is InChI=1S/C3H7N.Fe/c1-3-4-2;/h4H,1-2H3;. The number of hydrogen-bond donors (Lipinski definition) is 1. The fourth-order valence-corrected chi connectivity index (χ4v) is 0. The van der Waals surface area contributed by atoms with Gasteiger partial charge in [-0.05, 0) is 0 Å². The Bertz CT molecular complexity index is 42.2. The molecule has 0 atom stereocenters. The van der Waals surface area contributed by atoms with E-state index in [-0.39, 0.29) is 0 Å². The van der Waals surface area contributed by atoms with Crippen molar-refractivity contribution in [3.63, 3.8) is 0 Å². The molecule has 2 heteroatoms. The molecule has 5 heavy (non-hydrogen) atoms. The van der Waals surface area contributed by atoms with Crippen LogP contribution in [-0.4, -0.2) is 11.6 Å². The first-order valence-corrected chi connectivity index (χ1v) is 1.98. The summed E-state index contributed by atoms with van der Waals surface area (Å²) in [5.41, 5.74) is 0. The van der Waals surface area contributed by atoms with E-state index in [1.165, 1.54) is 0 Å². The zero-order chi connectivity index (χ0) is 4.28. The van der Waals surface area contributed by atoms with Crippen LogP contribution in [0.15, 0.2) is 0 Å². The van der Waals surface area contributed by atoms with Crippen LogP contribution in [0.3, 0.4) is 0 Å². The van der Waals surface area contributed by atoms with Crippen molar-refractivity contribution in [1.82, 2.24) is 5.32 Å². The fraction of sp³-hybridized carbons (Fsp3) is 0.667. The second kappa shape index (κ2) is 2.58. The van der Waals surface area contributed by atoms with E-state index < -0.39 is 0 Å². The van der Waals surface area contributed by atoms with Crippen molar-refractivity contribution in [2.24, 2.45) is 0 Å². The molecular weight excluding hydrogens is 106 g/mol. The van der Waals surface area contributed by atoms with E-state index in [9.17, 15) is 0 Å². The number of rotatable bonds is 1. The van der Waals surface area contributed by atoms with E-state index in [2.05, 4.69) is 20.9 Å². The summed E-state index contributed by atoms with van der Waals surface area (Å²) in [5.74, 6) is 0. The van der Waals surface area contributed by atoms with Crippen molar-refractivity contribution in [2.45, 2.75) is 6.92 Å². The Morgan fingerprint density at radius 3 is 2.00 bits per heavy atom. The van der Waals surface area contributed by atoms with Gasteiger partial charge in [0.15, 0.2) is 0 Å². The van der Waals surface area contributed by atoms with Crippen molar-refractivity contribution < 1.29 is 15.6 Å². The quantitative estimate of drug-likeness (QED) is 0.468. The molecule has 0 aromatic heterocycles. The predicted molar refractivity (Wildman–Crippen MR) is 19.7 cm³/mol. The van der Waals surface area contributed by atoms with Crippen molar-refractivity contribution in [3.05, 3.63) is 0 Å². The number of nitrogens with one attached hydrogen (secondary N) is 1. The fourth-order valence-electron chi connectivity index (χ4n) is 0. The van der Waals surface area contributed by atoms with Crippen LogP contribution >= 0.6 is 0 Å². The molecule has 32 valence electrons. The second-order valence-electron chi connectivity index (χ2n) is 0.765. The average molecular weight is 113 g/mol. The van der Waals surface area contributed by atoms with Gasteiger partial charge in [-0.3, -0.25) is 0 Å². The molecule has 0 aliphatic heterocycles. The van der Waals surface area contributed by atoms with E-state index >= 15 is 0 Å². The van der Waals surface area contributed by atoms with Gasteiger partial charge in [0.05, 0.1) is 0 Å². The molecule has 0 aromatic carbocycles. The van der Waals surface area contributed by atoms with Crippen LogP contribution in [-0.2, 0) is 15.6 Å². The van der Waals surface area contributed by atoms with E-state index in [1.807, 2.05) is 14.0 Å². The van der Waals surface area contributed by atoms with Gasteiger partial charge in [0.25, 0.3) is 0 Å². The first-order chi connectivity index (χ1) is 2.27. The van der Waals surface area contributed by atoms with Gasteiger partial charge in [-0.15, -0.1) is 0 Å². The molecule has 0 radical (unpaired) electrons. The topological polar surface area (TPSA) is 12.0 Å². The summed E-state index contributed by atoms with van der Waals surface area (Å²) in [4.78, 5) is 0. The first-order valence-electron chi connectivity index (χ1n) is 1.43. The molecule has 0 saturated heterocycles. The van der Waals surface area contributed by atoms with Crippen LogP contribution < -0.4 is 5.32 Å². The van der Waals surface area contributed by atoms with Gasteiger partial charge in [0.2, 0.25) is 0 Å². The monoisotopic (exact) mass is 113 g/mol. The Hall–Kier alpha value is 0.349. The number of hydrogen-bond acceptors (Lipinski definition) is 1. The Morgan fingerprint density at radius 2 is 2.00 bits per heavy atom. The minimum atomic E-state index is 1.00. The zero-order valence-corrected chi connectivity index (χ0v) is 4.46. The minimum absolute atomic E-state index is 1.00. The summed E-state index contributed by atoms with van der Waals surface area (Å²) in [6.45, 7) is 1.92. The summed E-state index contributed by atoms with van der Waals surface area (Å²) in [6.07, 6.45) is 0. The van der Waals surface area contributed by atoms with Gasteiger partial charge in [-0.2, -0.15) is 0 Å². The van der Waals surface area contributed by atoms with Gasteiger partial charge < -0.3 is 0 Å². The molecule has 0 amide bonds. The molecular formula is C3H7FeN. The van der Waals surface area contributed by atoms with E-state index in [0.717, 1.165) is 4.54 Å². The SMILES string of the molecule is CN[C](C)=[Fe]. The molecule has 0 aromatic rings. The van der Waals surface area contributed by atoms with E-state index in [4.69, 9.17) is 0 Å². The van der Waals surface area contributed by atoms with Gasteiger partial charge in [-0.1, -0.05) is 0 Å². The van der Waals surface area contributed by atoms with Gasteiger partial charge in [0.1, 0.15) is 0 Å². The van der Waals surface area contributed by atoms with Crippen molar-refractivity contribution in [3.8, 4) is 0 Å². The van der Waals surface area contributed by atoms with Crippen LogP contribution in [0.25, 0.3) is 0 Å². The van der Waals surface area contributed by atoms with Crippen molar-refractivity contribution in [1.29, 1.82) is 0 Å². The summed E-state index contributed by atoms with van der Waals surface area (Å²) in [7, 11) is 1.85. The molecule has 0 rings (SSSR count). The second-order valence-corrected chi connectivity index (χ2v) is 1.59. The van der Waals surface area contributed by atoms with E-state index in [0.29, 0.717) is 0 Å². The van der Waals surface area contributed by atoms with Crippen molar-refractivity contribution in [2.75, 3.05) is 7.05 Å². The molecule has 1 N–H and O–H groups in total. The summed E-state index contributed by atoms with van der Waals surface area (Å²) < 4.78 is 1.00. The molecule has 0 saturated carbocycles. The van der Waals surface area contributed by atoms with Crippen LogP contribution in [0.4, 0.5) is 0 Å². The van der Waals surface area contributed by atoms with Crippen molar-refractivity contribution >= 4 is 4.54 Å². The predicted octanol–water partition coefficient (Wildman–Crippen LogP) is -0.0976. The van der Waals surface area contributed by atoms with Gasteiger partial charge in [0, 0.05) is 0 Å². The molecule has 0 bridgehead atoms. The summed E-state index contributed by atoms with van der Waals surface area (Å²) in [6, 6.07) is 0. The molecule has 1 nitrogen and oxygen atoms in total. The molecule has 0 aliphatic carbocycles. The molecule has 0 aliphatic rings. The summed E-state index contributed by atoms with van der Waals surface area (Å²) in [5, 5.41) is 2.83. The summed E-state index contributed by atoms with van der Waals surface area (Å²) >= 11 is 3.56. The molecule has 0 spiro atoms. The third-order valence-electron chi connectivity index (χ3n) is 0.338. The van der Waals surface area contributed by atoms with Gasteiger partial charge >= 0.3 is 39.4 Å². The third-order valence-corrected chi connectivity index (χ3v) is 0.614. The maximum absolute atomic E-state index is 3.56. The normalized spacial score (nSPS) is 7.80. The average Bonchev–Trinajstić information content (AvgIpc) is 1.38. The molecule has 0 fully saturated rings. The molecule has 0 unspecified atom stereocenters. The first kappa shape index (κ1) is 5.35. The van der Waals surface area contributed by atoms with Gasteiger partial charge in [-0.25, -0.2) is 0 Å². The van der Waals surface area contributed by atoms with Crippen LogP contribution in [0.5, 0.6) is 0 Å². The maximum atomic E-state index is 3.56. The Balaban J connectivity index is 2.85. The molecule has 0 heterocycles. The van der Waals surface area contributed by atoms with Crippen LogP contribution in [0.2, 0.25) is 0 Å². The Labute approximate surface area is 40.1 Å².